The second-order valence-corrected chi connectivity index (χ2v) is 5.14. The minimum Gasteiger partial charge on any atom is -0.388 e. The van der Waals surface area contributed by atoms with Gasteiger partial charge in [0.1, 0.15) is 0 Å². The van der Waals surface area contributed by atoms with E-state index in [1.54, 1.807) is 18.2 Å². The Kier molecular flexibility index (Phi) is 6.16. The molecule has 2 rings (SSSR count). The summed E-state index contributed by atoms with van der Waals surface area (Å²) in [6.07, 6.45) is -0.148. The van der Waals surface area contributed by atoms with E-state index in [0.29, 0.717) is 25.1 Å². The lowest BCUT2D eigenvalue weighted by Gasteiger charge is -2.12. The Hall–Kier alpha value is -2.84. The van der Waals surface area contributed by atoms with E-state index in [1.807, 2.05) is 36.4 Å². The van der Waals surface area contributed by atoms with E-state index in [1.165, 1.54) is 0 Å². The lowest BCUT2D eigenvalue weighted by molar-refractivity contribution is 0.167. The maximum atomic E-state index is 11.7. The highest BCUT2D eigenvalue weighted by Crippen LogP contribution is 2.14. The van der Waals surface area contributed by atoms with Crippen molar-refractivity contribution in [3.8, 4) is 6.07 Å². The van der Waals surface area contributed by atoms with E-state index >= 15 is 0 Å². The number of rotatable bonds is 6. The van der Waals surface area contributed by atoms with Gasteiger partial charge in [-0.15, -0.1) is 0 Å². The molecule has 118 valence electrons. The third-order valence-electron chi connectivity index (χ3n) is 3.40. The molecular weight excluding hydrogens is 290 g/mol. The third-order valence-corrected chi connectivity index (χ3v) is 3.40. The van der Waals surface area contributed by atoms with E-state index < -0.39 is 6.10 Å². The molecule has 0 spiro atoms. The van der Waals surface area contributed by atoms with Crippen molar-refractivity contribution in [1.82, 2.24) is 10.6 Å². The molecule has 23 heavy (non-hydrogen) atoms. The number of carbonyl (C=O) groups excluding carboxylic acids is 1. The van der Waals surface area contributed by atoms with Gasteiger partial charge < -0.3 is 15.7 Å². The lowest BCUT2D eigenvalue weighted by Crippen LogP contribution is -2.36. The number of nitriles is 1. The van der Waals surface area contributed by atoms with Crippen molar-refractivity contribution in [3.63, 3.8) is 0 Å². The molecule has 5 heteroatoms. The molecule has 2 aromatic rings. The highest BCUT2D eigenvalue weighted by molar-refractivity contribution is 5.73. The highest BCUT2D eigenvalue weighted by atomic mass is 16.3. The molecule has 2 aromatic carbocycles. The topological polar surface area (TPSA) is 85.2 Å². The first kappa shape index (κ1) is 16.5. The van der Waals surface area contributed by atoms with Crippen LogP contribution in [0.3, 0.4) is 0 Å². The van der Waals surface area contributed by atoms with Gasteiger partial charge in [0.05, 0.1) is 17.7 Å². The zero-order valence-corrected chi connectivity index (χ0v) is 12.7. The Bertz CT molecular complexity index is 680. The second-order valence-electron chi connectivity index (χ2n) is 5.14. The van der Waals surface area contributed by atoms with Crippen molar-refractivity contribution < 1.29 is 9.90 Å². The van der Waals surface area contributed by atoms with E-state index in [9.17, 15) is 9.90 Å². The molecular formula is C18H19N3O2. The standard InChI is InChI=1S/C18H19N3O2/c19-12-14-5-4-6-15(11-14)13-21-18(23)20-10-9-17(22)16-7-2-1-3-8-16/h1-8,11,17,22H,9-10,13H2,(H2,20,21,23). The summed E-state index contributed by atoms with van der Waals surface area (Å²) in [4.78, 5) is 11.7. The molecule has 0 radical (unpaired) electrons. The molecule has 0 fully saturated rings. The van der Waals surface area contributed by atoms with Crippen molar-refractivity contribution in [1.29, 1.82) is 5.26 Å². The normalized spacial score (nSPS) is 11.3. The summed E-state index contributed by atoms with van der Waals surface area (Å²) in [7, 11) is 0. The number of benzene rings is 2. The van der Waals surface area contributed by atoms with Gasteiger partial charge in [-0.05, 0) is 29.7 Å². The summed E-state index contributed by atoms with van der Waals surface area (Å²) in [5, 5.41) is 24.3. The molecule has 0 aliphatic carbocycles. The van der Waals surface area contributed by atoms with Gasteiger partial charge in [-0.2, -0.15) is 5.26 Å². The van der Waals surface area contributed by atoms with Crippen LogP contribution in [0.5, 0.6) is 0 Å². The van der Waals surface area contributed by atoms with Crippen LogP contribution < -0.4 is 10.6 Å². The summed E-state index contributed by atoms with van der Waals surface area (Å²) in [5.41, 5.74) is 2.27. The fraction of sp³-hybridized carbons (Fsp3) is 0.222. The minimum absolute atomic E-state index is 0.298. The number of amides is 2. The molecule has 0 aromatic heterocycles. The van der Waals surface area contributed by atoms with Crippen molar-refractivity contribution in [2.75, 3.05) is 6.54 Å². The number of nitrogens with one attached hydrogen (secondary N) is 2. The van der Waals surface area contributed by atoms with Gasteiger partial charge in [0, 0.05) is 13.1 Å². The number of urea groups is 1. The van der Waals surface area contributed by atoms with Crippen LogP contribution in [-0.4, -0.2) is 17.7 Å². The lowest BCUT2D eigenvalue weighted by atomic mass is 10.1. The fourth-order valence-electron chi connectivity index (χ4n) is 2.16. The van der Waals surface area contributed by atoms with Gasteiger partial charge in [-0.25, -0.2) is 4.79 Å². The first-order chi connectivity index (χ1) is 11.2. The van der Waals surface area contributed by atoms with Crippen LogP contribution >= 0.6 is 0 Å². The van der Waals surface area contributed by atoms with Gasteiger partial charge in [0.2, 0.25) is 0 Å². The van der Waals surface area contributed by atoms with Crippen LogP contribution in [0.1, 0.15) is 29.2 Å². The Balaban J connectivity index is 1.70. The molecule has 0 aliphatic heterocycles. The Morgan fingerprint density at radius 2 is 1.91 bits per heavy atom. The van der Waals surface area contributed by atoms with Gasteiger partial charge >= 0.3 is 6.03 Å². The molecule has 0 heterocycles. The minimum atomic E-state index is -0.594. The second kappa shape index (κ2) is 8.57. The van der Waals surface area contributed by atoms with Crippen LogP contribution in [0.2, 0.25) is 0 Å². The predicted octanol–water partition coefficient (Wildman–Crippen LogP) is 2.48. The van der Waals surface area contributed by atoms with Gasteiger partial charge in [-0.1, -0.05) is 42.5 Å². The van der Waals surface area contributed by atoms with Gasteiger partial charge in [0.25, 0.3) is 0 Å². The van der Waals surface area contributed by atoms with Crippen LogP contribution in [-0.2, 0) is 6.54 Å². The maximum absolute atomic E-state index is 11.7. The number of carbonyl (C=O) groups is 1. The smallest absolute Gasteiger partial charge is 0.315 e. The first-order valence-corrected chi connectivity index (χ1v) is 7.43. The monoisotopic (exact) mass is 309 g/mol. The summed E-state index contributed by atoms with van der Waals surface area (Å²) >= 11 is 0. The summed E-state index contributed by atoms with van der Waals surface area (Å²) in [5.74, 6) is 0. The van der Waals surface area contributed by atoms with Crippen molar-refractivity contribution in [3.05, 3.63) is 71.3 Å². The van der Waals surface area contributed by atoms with E-state index in [2.05, 4.69) is 16.7 Å². The summed E-state index contributed by atoms with van der Waals surface area (Å²) in [6.45, 7) is 0.725. The Labute approximate surface area is 135 Å². The zero-order chi connectivity index (χ0) is 16.5. The molecule has 0 saturated heterocycles. The molecule has 1 atom stereocenters. The summed E-state index contributed by atoms with van der Waals surface area (Å²) in [6, 6.07) is 18.2. The predicted molar refractivity (Wildman–Crippen MR) is 87.4 cm³/mol. The maximum Gasteiger partial charge on any atom is 0.315 e. The number of aliphatic hydroxyl groups excluding tert-OH is 1. The molecule has 1 unspecified atom stereocenters. The van der Waals surface area contributed by atoms with Crippen molar-refractivity contribution >= 4 is 6.03 Å². The number of hydrogen-bond donors (Lipinski definition) is 3. The van der Waals surface area contributed by atoms with Crippen molar-refractivity contribution in [2.45, 2.75) is 19.1 Å². The van der Waals surface area contributed by atoms with Gasteiger partial charge in [-0.3, -0.25) is 0 Å². The molecule has 0 bridgehead atoms. The van der Waals surface area contributed by atoms with E-state index in [4.69, 9.17) is 5.26 Å². The largest absolute Gasteiger partial charge is 0.388 e. The van der Waals surface area contributed by atoms with E-state index in [-0.39, 0.29) is 6.03 Å². The van der Waals surface area contributed by atoms with Crippen LogP contribution in [0.25, 0.3) is 0 Å². The number of hydrogen-bond acceptors (Lipinski definition) is 3. The molecule has 0 aliphatic rings. The third kappa shape index (κ3) is 5.46. The molecule has 5 nitrogen and oxygen atoms in total. The first-order valence-electron chi connectivity index (χ1n) is 7.43. The zero-order valence-electron chi connectivity index (χ0n) is 12.7. The Morgan fingerprint density at radius 1 is 1.13 bits per heavy atom. The number of nitrogens with zero attached hydrogens (tertiary/aromatic N) is 1. The van der Waals surface area contributed by atoms with Crippen LogP contribution in [0.15, 0.2) is 54.6 Å². The molecule has 0 saturated carbocycles. The van der Waals surface area contributed by atoms with Crippen molar-refractivity contribution in [2.24, 2.45) is 0 Å². The summed E-state index contributed by atoms with van der Waals surface area (Å²) < 4.78 is 0. The van der Waals surface area contributed by atoms with Crippen LogP contribution in [0.4, 0.5) is 4.79 Å². The average Bonchev–Trinajstić information content (AvgIpc) is 2.61. The highest BCUT2D eigenvalue weighted by Gasteiger charge is 2.07. The van der Waals surface area contributed by atoms with E-state index in [0.717, 1.165) is 11.1 Å². The quantitative estimate of drug-likeness (QED) is 0.766. The molecule has 3 N–H and O–H groups in total. The van der Waals surface area contributed by atoms with Gasteiger partial charge in [0.15, 0.2) is 0 Å². The molecule has 2 amide bonds. The van der Waals surface area contributed by atoms with Crippen LogP contribution in [0, 0.1) is 11.3 Å². The number of aliphatic hydroxyl groups is 1. The average molecular weight is 309 g/mol. The SMILES string of the molecule is N#Cc1cccc(CNC(=O)NCCC(O)c2ccccc2)c1. The Morgan fingerprint density at radius 3 is 2.65 bits per heavy atom. The fourth-order valence-corrected chi connectivity index (χ4v) is 2.16.